The number of para-hydroxylation sites is 1. The van der Waals surface area contributed by atoms with Gasteiger partial charge in [-0.2, -0.15) is 0 Å². The molecule has 0 amide bonds. The van der Waals surface area contributed by atoms with Crippen LogP contribution in [-0.2, 0) is 6.54 Å². The molecule has 2 rings (SSSR count). The van der Waals surface area contributed by atoms with E-state index >= 15 is 0 Å². The van der Waals surface area contributed by atoms with Crippen LogP contribution in [0.25, 0.3) is 10.9 Å². The number of fused-ring (bicyclic) bond motifs is 1. The van der Waals surface area contributed by atoms with Gasteiger partial charge < -0.3 is 0 Å². The van der Waals surface area contributed by atoms with Crippen molar-refractivity contribution in [2.75, 3.05) is 0 Å². The van der Waals surface area contributed by atoms with Gasteiger partial charge in [-0.1, -0.05) is 43.8 Å². The number of hydrogen-bond donors (Lipinski definition) is 0. The molecule has 0 aliphatic carbocycles. The summed E-state index contributed by atoms with van der Waals surface area (Å²) in [4.78, 5) is 17.1. The second kappa shape index (κ2) is 6.06. The Morgan fingerprint density at radius 2 is 2.21 bits per heavy atom. The van der Waals surface area contributed by atoms with Crippen LogP contribution in [0, 0.1) is 0 Å². The highest BCUT2D eigenvalue weighted by molar-refractivity contribution is 7.99. The van der Waals surface area contributed by atoms with Crippen LogP contribution in [0.1, 0.15) is 20.3 Å². The molecule has 100 valence electrons. The molecule has 0 saturated carbocycles. The van der Waals surface area contributed by atoms with Crippen molar-refractivity contribution in [1.29, 1.82) is 0 Å². The van der Waals surface area contributed by atoms with Crippen molar-refractivity contribution < 1.29 is 0 Å². The molecule has 0 N–H and O–H groups in total. The Morgan fingerprint density at radius 1 is 1.47 bits per heavy atom. The Morgan fingerprint density at radius 3 is 2.89 bits per heavy atom. The highest BCUT2D eigenvalue weighted by atomic mass is 32.2. The van der Waals surface area contributed by atoms with Gasteiger partial charge in [-0.15, -0.1) is 6.58 Å². The van der Waals surface area contributed by atoms with E-state index in [0.29, 0.717) is 17.2 Å². The average Bonchev–Trinajstić information content (AvgIpc) is 2.43. The zero-order chi connectivity index (χ0) is 13.8. The van der Waals surface area contributed by atoms with E-state index < -0.39 is 0 Å². The predicted octanol–water partition coefficient (Wildman–Crippen LogP) is 3.47. The van der Waals surface area contributed by atoms with Crippen molar-refractivity contribution in [3.8, 4) is 0 Å². The van der Waals surface area contributed by atoms with Crippen molar-refractivity contribution >= 4 is 22.7 Å². The van der Waals surface area contributed by atoms with Crippen LogP contribution in [0.15, 0.2) is 46.9 Å². The minimum atomic E-state index is 0.0105. The monoisotopic (exact) mass is 274 g/mol. The van der Waals surface area contributed by atoms with E-state index in [4.69, 9.17) is 0 Å². The predicted molar refractivity (Wildman–Crippen MR) is 81.8 cm³/mol. The first-order valence-corrected chi connectivity index (χ1v) is 7.32. The lowest BCUT2D eigenvalue weighted by Gasteiger charge is -2.14. The number of benzene rings is 1. The van der Waals surface area contributed by atoms with Gasteiger partial charge in [0.15, 0.2) is 5.16 Å². The zero-order valence-electron chi connectivity index (χ0n) is 11.3. The lowest BCUT2D eigenvalue weighted by Crippen LogP contribution is -2.23. The summed E-state index contributed by atoms with van der Waals surface area (Å²) in [5, 5.41) is 1.87. The van der Waals surface area contributed by atoms with E-state index in [9.17, 15) is 4.79 Å². The van der Waals surface area contributed by atoms with Crippen molar-refractivity contribution in [3.63, 3.8) is 0 Å². The molecule has 1 aromatic heterocycles. The van der Waals surface area contributed by atoms with Gasteiger partial charge in [0.1, 0.15) is 0 Å². The molecule has 19 heavy (non-hydrogen) atoms. The van der Waals surface area contributed by atoms with Gasteiger partial charge in [0.25, 0.3) is 5.56 Å². The first-order valence-electron chi connectivity index (χ1n) is 6.44. The first kappa shape index (κ1) is 13.9. The minimum Gasteiger partial charge on any atom is -0.283 e. The lowest BCUT2D eigenvalue weighted by molar-refractivity contribution is 0.668. The molecule has 0 fully saturated rings. The van der Waals surface area contributed by atoms with E-state index in [0.717, 1.165) is 17.1 Å². The molecular formula is C15H18N2OS. The summed E-state index contributed by atoms with van der Waals surface area (Å²) >= 11 is 1.64. The van der Waals surface area contributed by atoms with Crippen LogP contribution in [0.5, 0.6) is 0 Å². The number of rotatable bonds is 5. The Labute approximate surface area is 117 Å². The zero-order valence-corrected chi connectivity index (χ0v) is 12.1. The topological polar surface area (TPSA) is 34.9 Å². The fourth-order valence-corrected chi connectivity index (χ4v) is 2.75. The number of nitrogens with zero attached hydrogens (tertiary/aromatic N) is 2. The molecule has 4 heteroatoms. The van der Waals surface area contributed by atoms with Crippen molar-refractivity contribution in [2.45, 2.75) is 37.2 Å². The van der Waals surface area contributed by atoms with Crippen LogP contribution in [0.2, 0.25) is 0 Å². The third-order valence-electron chi connectivity index (χ3n) is 3.02. The maximum Gasteiger partial charge on any atom is 0.262 e. The molecular weight excluding hydrogens is 256 g/mol. The maximum atomic E-state index is 12.5. The first-order chi connectivity index (χ1) is 9.17. The summed E-state index contributed by atoms with van der Waals surface area (Å²) in [7, 11) is 0. The SMILES string of the molecule is C=CCn1c(SC(C)CC)nc2ccccc2c1=O. The van der Waals surface area contributed by atoms with E-state index in [2.05, 4.69) is 25.4 Å². The Balaban J connectivity index is 2.62. The van der Waals surface area contributed by atoms with Gasteiger partial charge in [-0.25, -0.2) is 4.98 Å². The quantitative estimate of drug-likeness (QED) is 0.476. The Bertz CT molecular complexity index is 648. The van der Waals surface area contributed by atoms with Gasteiger partial charge >= 0.3 is 0 Å². The van der Waals surface area contributed by atoms with Gasteiger partial charge in [0.2, 0.25) is 0 Å². The summed E-state index contributed by atoms with van der Waals surface area (Å²) in [5.41, 5.74) is 0.773. The Hall–Kier alpha value is -1.55. The van der Waals surface area contributed by atoms with Crippen LogP contribution < -0.4 is 5.56 Å². The van der Waals surface area contributed by atoms with Gasteiger partial charge in [-0.3, -0.25) is 9.36 Å². The summed E-state index contributed by atoms with van der Waals surface area (Å²) < 4.78 is 1.70. The summed E-state index contributed by atoms with van der Waals surface area (Å²) in [6.45, 7) is 8.49. The maximum absolute atomic E-state index is 12.5. The molecule has 1 atom stereocenters. The van der Waals surface area contributed by atoms with Crippen LogP contribution >= 0.6 is 11.8 Å². The van der Waals surface area contributed by atoms with E-state index in [1.807, 2.05) is 24.3 Å². The normalized spacial score (nSPS) is 12.5. The molecule has 1 aromatic carbocycles. The van der Waals surface area contributed by atoms with Gasteiger partial charge in [0, 0.05) is 11.8 Å². The molecule has 1 unspecified atom stereocenters. The molecule has 0 aliphatic rings. The third-order valence-corrected chi connectivity index (χ3v) is 4.28. The summed E-state index contributed by atoms with van der Waals surface area (Å²) in [6, 6.07) is 7.48. The van der Waals surface area contributed by atoms with Crippen molar-refractivity contribution in [3.05, 3.63) is 47.3 Å². The standard InChI is InChI=1S/C15H18N2OS/c1-4-10-17-14(18)12-8-6-7-9-13(12)16-15(17)19-11(3)5-2/h4,6-9,11H,1,5,10H2,2-3H3. The largest absolute Gasteiger partial charge is 0.283 e. The van der Waals surface area contributed by atoms with Gasteiger partial charge in [0.05, 0.1) is 10.9 Å². The highest BCUT2D eigenvalue weighted by Crippen LogP contribution is 2.23. The molecule has 0 saturated heterocycles. The molecule has 3 nitrogen and oxygen atoms in total. The van der Waals surface area contributed by atoms with Crippen molar-refractivity contribution in [2.24, 2.45) is 0 Å². The van der Waals surface area contributed by atoms with E-state index in [1.54, 1.807) is 22.4 Å². The molecule has 0 radical (unpaired) electrons. The average molecular weight is 274 g/mol. The second-order valence-electron chi connectivity index (χ2n) is 4.45. The minimum absolute atomic E-state index is 0.0105. The number of hydrogen-bond acceptors (Lipinski definition) is 3. The van der Waals surface area contributed by atoms with Crippen molar-refractivity contribution in [1.82, 2.24) is 9.55 Å². The van der Waals surface area contributed by atoms with E-state index in [1.165, 1.54) is 0 Å². The molecule has 0 bridgehead atoms. The number of allylic oxidation sites excluding steroid dienone is 1. The fraction of sp³-hybridized carbons (Fsp3) is 0.333. The highest BCUT2D eigenvalue weighted by Gasteiger charge is 2.12. The second-order valence-corrected chi connectivity index (χ2v) is 5.86. The lowest BCUT2D eigenvalue weighted by atomic mass is 10.2. The molecule has 1 heterocycles. The molecule has 2 aromatic rings. The number of aromatic nitrogens is 2. The summed E-state index contributed by atoms with van der Waals surface area (Å²) in [6.07, 6.45) is 2.78. The molecule has 0 spiro atoms. The van der Waals surface area contributed by atoms with Crippen LogP contribution in [0.3, 0.4) is 0 Å². The van der Waals surface area contributed by atoms with Crippen LogP contribution in [-0.4, -0.2) is 14.8 Å². The summed E-state index contributed by atoms with van der Waals surface area (Å²) in [5.74, 6) is 0. The number of thioether (sulfide) groups is 1. The van der Waals surface area contributed by atoms with Crippen LogP contribution in [0.4, 0.5) is 0 Å². The third kappa shape index (κ3) is 2.89. The smallest absolute Gasteiger partial charge is 0.262 e. The van der Waals surface area contributed by atoms with E-state index in [-0.39, 0.29) is 5.56 Å². The molecule has 0 aliphatic heterocycles. The van der Waals surface area contributed by atoms with Gasteiger partial charge in [-0.05, 0) is 18.6 Å². The Kier molecular flexibility index (Phi) is 4.43. The fourth-order valence-electron chi connectivity index (χ4n) is 1.79.